The Kier molecular flexibility index (Phi) is 7.35. The van der Waals surface area contributed by atoms with Crippen molar-refractivity contribution >= 4 is 30.5 Å². The lowest BCUT2D eigenvalue weighted by Gasteiger charge is -2.43. The minimum Gasteiger partial charge on any atom is -0.465 e. The van der Waals surface area contributed by atoms with Gasteiger partial charge in [0.2, 0.25) is 0 Å². The van der Waals surface area contributed by atoms with Crippen LogP contribution in [0.5, 0.6) is 0 Å². The Bertz CT molecular complexity index is 391. The summed E-state index contributed by atoms with van der Waals surface area (Å²) in [5.41, 5.74) is 1.37. The number of alkyl halides is 1. The average molecular weight is 318 g/mol. The van der Waals surface area contributed by atoms with Gasteiger partial charge in [0.1, 0.15) is 6.10 Å². The van der Waals surface area contributed by atoms with Crippen molar-refractivity contribution in [1.82, 2.24) is 5.32 Å². The standard InChI is InChI=1S/C15H20ClNO2.ClH/c16-9-15(10-17-11-15)8-14(19-12-18)7-6-13-4-2-1-3-5-13;/h1-5,12,14,17H,6-11H2;1H. The van der Waals surface area contributed by atoms with E-state index in [-0.39, 0.29) is 23.9 Å². The topological polar surface area (TPSA) is 38.3 Å². The van der Waals surface area contributed by atoms with E-state index in [1.54, 1.807) is 0 Å². The van der Waals surface area contributed by atoms with E-state index in [1.807, 2.05) is 18.2 Å². The fraction of sp³-hybridized carbons (Fsp3) is 0.533. The molecule has 3 nitrogen and oxygen atoms in total. The molecule has 1 aromatic rings. The molecule has 20 heavy (non-hydrogen) atoms. The molecule has 0 aliphatic carbocycles. The SMILES string of the molecule is Cl.O=COC(CCc1ccccc1)CC1(CCl)CNC1. The third-order valence-corrected chi connectivity index (χ3v) is 4.36. The summed E-state index contributed by atoms with van der Waals surface area (Å²) in [6.45, 7) is 2.39. The van der Waals surface area contributed by atoms with Crippen LogP contribution in [-0.2, 0) is 16.0 Å². The van der Waals surface area contributed by atoms with Gasteiger partial charge in [-0.05, 0) is 24.8 Å². The number of benzene rings is 1. The van der Waals surface area contributed by atoms with Gasteiger partial charge in [0.15, 0.2) is 0 Å². The lowest BCUT2D eigenvalue weighted by molar-refractivity contribution is -0.135. The van der Waals surface area contributed by atoms with Crippen LogP contribution in [0.15, 0.2) is 30.3 Å². The minimum absolute atomic E-state index is 0. The average Bonchev–Trinajstić information content (AvgIpc) is 2.41. The number of carbonyl (C=O) groups excluding carboxylic acids is 1. The number of hydrogen-bond acceptors (Lipinski definition) is 3. The van der Waals surface area contributed by atoms with Crippen molar-refractivity contribution in [2.75, 3.05) is 19.0 Å². The van der Waals surface area contributed by atoms with Crippen LogP contribution in [0.1, 0.15) is 18.4 Å². The van der Waals surface area contributed by atoms with Gasteiger partial charge in [-0.1, -0.05) is 30.3 Å². The van der Waals surface area contributed by atoms with Crippen LogP contribution in [-0.4, -0.2) is 31.5 Å². The Morgan fingerprint density at radius 2 is 2.05 bits per heavy atom. The van der Waals surface area contributed by atoms with Gasteiger partial charge in [0.05, 0.1) is 0 Å². The molecule has 1 aromatic carbocycles. The number of hydrogen-bond donors (Lipinski definition) is 1. The van der Waals surface area contributed by atoms with Crippen LogP contribution in [0.3, 0.4) is 0 Å². The molecule has 1 N–H and O–H groups in total. The molecule has 1 heterocycles. The lowest BCUT2D eigenvalue weighted by atomic mass is 9.78. The smallest absolute Gasteiger partial charge is 0.293 e. The molecule has 0 amide bonds. The molecule has 0 aromatic heterocycles. The van der Waals surface area contributed by atoms with Gasteiger partial charge >= 0.3 is 0 Å². The largest absolute Gasteiger partial charge is 0.465 e. The van der Waals surface area contributed by atoms with Gasteiger partial charge in [-0.15, -0.1) is 24.0 Å². The molecule has 1 saturated heterocycles. The van der Waals surface area contributed by atoms with Crippen molar-refractivity contribution in [3.05, 3.63) is 35.9 Å². The maximum absolute atomic E-state index is 10.6. The maximum atomic E-state index is 10.6. The number of ether oxygens (including phenoxy) is 1. The number of rotatable bonds is 8. The second-order valence-electron chi connectivity index (χ2n) is 5.32. The Balaban J connectivity index is 0.00000200. The molecular weight excluding hydrogens is 297 g/mol. The number of nitrogens with one attached hydrogen (secondary N) is 1. The summed E-state index contributed by atoms with van der Waals surface area (Å²) in [7, 11) is 0. The predicted octanol–water partition coefficient (Wildman–Crippen LogP) is 2.80. The molecule has 1 unspecified atom stereocenters. The first-order valence-corrected chi connectivity index (χ1v) is 7.21. The van der Waals surface area contributed by atoms with Crippen LogP contribution >= 0.6 is 24.0 Å². The fourth-order valence-electron chi connectivity index (χ4n) is 2.52. The normalized spacial score (nSPS) is 17.4. The predicted molar refractivity (Wildman–Crippen MR) is 83.6 cm³/mol. The summed E-state index contributed by atoms with van der Waals surface area (Å²) in [5.74, 6) is 0.615. The van der Waals surface area contributed by atoms with E-state index in [4.69, 9.17) is 16.3 Å². The zero-order valence-electron chi connectivity index (χ0n) is 11.4. The van der Waals surface area contributed by atoms with Crippen LogP contribution in [0.25, 0.3) is 0 Å². The van der Waals surface area contributed by atoms with Crippen molar-refractivity contribution < 1.29 is 9.53 Å². The van der Waals surface area contributed by atoms with Gasteiger partial charge in [0.25, 0.3) is 6.47 Å². The lowest BCUT2D eigenvalue weighted by Crippen LogP contribution is -2.56. The van der Waals surface area contributed by atoms with Crippen LogP contribution in [0.4, 0.5) is 0 Å². The van der Waals surface area contributed by atoms with E-state index in [0.29, 0.717) is 12.4 Å². The quantitative estimate of drug-likeness (QED) is 0.592. The summed E-state index contributed by atoms with van der Waals surface area (Å²) >= 11 is 6.04. The van der Waals surface area contributed by atoms with Gasteiger partial charge in [-0.2, -0.15) is 0 Å². The summed E-state index contributed by atoms with van der Waals surface area (Å²) in [6.07, 6.45) is 2.57. The van der Waals surface area contributed by atoms with Gasteiger partial charge in [-0.25, -0.2) is 0 Å². The van der Waals surface area contributed by atoms with Crippen molar-refractivity contribution in [3.63, 3.8) is 0 Å². The van der Waals surface area contributed by atoms with Crippen LogP contribution < -0.4 is 5.32 Å². The molecule has 1 aliphatic heterocycles. The molecule has 0 radical (unpaired) electrons. The molecule has 2 rings (SSSR count). The second-order valence-corrected chi connectivity index (χ2v) is 5.59. The number of aryl methyl sites for hydroxylation is 1. The van der Waals surface area contributed by atoms with Crippen LogP contribution in [0.2, 0.25) is 0 Å². The van der Waals surface area contributed by atoms with Crippen molar-refractivity contribution in [3.8, 4) is 0 Å². The zero-order chi connectivity index (χ0) is 13.6. The Labute approximate surface area is 131 Å². The molecule has 0 bridgehead atoms. The molecule has 0 saturated carbocycles. The molecule has 1 fully saturated rings. The summed E-state index contributed by atoms with van der Waals surface area (Å²) < 4.78 is 5.23. The van der Waals surface area contributed by atoms with E-state index in [1.165, 1.54) is 5.56 Å². The number of carbonyl (C=O) groups is 1. The highest BCUT2D eigenvalue weighted by atomic mass is 35.5. The summed E-state index contributed by atoms with van der Waals surface area (Å²) in [4.78, 5) is 10.6. The first-order chi connectivity index (χ1) is 9.28. The van der Waals surface area contributed by atoms with Crippen LogP contribution in [0, 0.1) is 5.41 Å². The van der Waals surface area contributed by atoms with Gasteiger partial charge < -0.3 is 10.1 Å². The third kappa shape index (κ3) is 4.65. The summed E-state index contributed by atoms with van der Waals surface area (Å²) in [6, 6.07) is 10.3. The van der Waals surface area contributed by atoms with Crippen molar-refractivity contribution in [1.29, 1.82) is 0 Å². The monoisotopic (exact) mass is 317 g/mol. The minimum atomic E-state index is -0.0430. The Hall–Kier alpha value is -0.770. The first-order valence-electron chi connectivity index (χ1n) is 6.68. The molecule has 1 atom stereocenters. The molecular formula is C15H21Cl2NO2. The number of halogens is 2. The molecule has 112 valence electrons. The zero-order valence-corrected chi connectivity index (χ0v) is 13.0. The highest BCUT2D eigenvalue weighted by Gasteiger charge is 2.38. The van der Waals surface area contributed by atoms with Gasteiger partial charge in [-0.3, -0.25) is 4.79 Å². The van der Waals surface area contributed by atoms with E-state index < -0.39 is 0 Å². The van der Waals surface area contributed by atoms with Gasteiger partial charge in [0, 0.05) is 24.4 Å². The Morgan fingerprint density at radius 1 is 1.35 bits per heavy atom. The van der Waals surface area contributed by atoms with E-state index in [2.05, 4.69) is 17.4 Å². The third-order valence-electron chi connectivity index (χ3n) is 3.79. The van der Waals surface area contributed by atoms with E-state index in [9.17, 15) is 4.79 Å². The van der Waals surface area contributed by atoms with Crippen molar-refractivity contribution in [2.24, 2.45) is 5.41 Å². The summed E-state index contributed by atoms with van der Waals surface area (Å²) in [5, 5.41) is 3.25. The van der Waals surface area contributed by atoms with Crippen molar-refractivity contribution in [2.45, 2.75) is 25.4 Å². The highest BCUT2D eigenvalue weighted by molar-refractivity contribution is 6.18. The maximum Gasteiger partial charge on any atom is 0.293 e. The second kappa shape index (κ2) is 8.50. The molecule has 1 aliphatic rings. The Morgan fingerprint density at radius 3 is 2.55 bits per heavy atom. The first kappa shape index (κ1) is 17.3. The molecule has 0 spiro atoms. The highest BCUT2D eigenvalue weighted by Crippen LogP contribution is 2.32. The van der Waals surface area contributed by atoms with E-state index >= 15 is 0 Å². The van der Waals surface area contributed by atoms with E-state index in [0.717, 1.165) is 32.4 Å². The molecule has 5 heteroatoms. The fourth-order valence-corrected chi connectivity index (χ4v) is 2.82.